The SMILES string of the molecule is O=C(N[C@H]1CCCCCCC[C@@H]2C[C@@]2(C(=O)NS(=O)(=O)C2CC2)NC(=O)[C@@H]2C[C@@H](Oc3nc4ccccc4c4ccccc34)CN2C1=O)OC1CCCC1. The number of sulfonamides is 1. The number of benzene rings is 2. The van der Waals surface area contributed by atoms with Crippen molar-refractivity contribution < 1.29 is 37.1 Å². The molecule has 13 nitrogen and oxygen atoms in total. The van der Waals surface area contributed by atoms with Crippen molar-refractivity contribution >= 4 is 55.5 Å². The Morgan fingerprint density at radius 1 is 0.815 bits per heavy atom. The zero-order chi connectivity index (χ0) is 37.5. The molecule has 5 aliphatic rings. The Morgan fingerprint density at radius 2 is 1.48 bits per heavy atom. The van der Waals surface area contributed by atoms with Gasteiger partial charge < -0.3 is 25.0 Å². The maximum atomic E-state index is 14.6. The molecular formula is C40H49N5O8S. The Bertz CT molecular complexity index is 2050. The first-order chi connectivity index (χ1) is 26.1. The molecule has 54 heavy (non-hydrogen) atoms. The number of carbonyl (C=O) groups excluding carboxylic acids is 4. The van der Waals surface area contributed by atoms with Crippen LogP contribution in [0.2, 0.25) is 0 Å². The number of carbonyl (C=O) groups is 4. The minimum atomic E-state index is -3.86. The number of hydrogen-bond acceptors (Lipinski definition) is 9. The number of nitrogens with zero attached hydrogens (tertiary/aromatic N) is 2. The highest BCUT2D eigenvalue weighted by molar-refractivity contribution is 7.91. The topological polar surface area (TPSA) is 173 Å². The summed E-state index contributed by atoms with van der Waals surface area (Å²) >= 11 is 0. The van der Waals surface area contributed by atoms with Crippen molar-refractivity contribution in [2.45, 2.75) is 131 Å². The van der Waals surface area contributed by atoms with Gasteiger partial charge in [-0.05, 0) is 81.2 Å². The highest BCUT2D eigenvalue weighted by Gasteiger charge is 2.62. The summed E-state index contributed by atoms with van der Waals surface area (Å²) in [4.78, 5) is 62.3. The molecule has 2 aliphatic heterocycles. The van der Waals surface area contributed by atoms with Crippen LogP contribution < -0.4 is 20.1 Å². The molecule has 0 bridgehead atoms. The van der Waals surface area contributed by atoms with E-state index in [4.69, 9.17) is 14.5 Å². The molecule has 2 saturated heterocycles. The van der Waals surface area contributed by atoms with E-state index in [2.05, 4.69) is 15.4 Å². The molecule has 2 aromatic carbocycles. The lowest BCUT2D eigenvalue weighted by Gasteiger charge is -2.30. The van der Waals surface area contributed by atoms with Gasteiger partial charge in [-0.3, -0.25) is 19.1 Å². The third kappa shape index (κ3) is 7.58. The molecule has 3 aromatic rings. The Labute approximate surface area is 315 Å². The fourth-order valence-corrected chi connectivity index (χ4v) is 10.1. The lowest BCUT2D eigenvalue weighted by atomic mass is 10.0. The van der Waals surface area contributed by atoms with Gasteiger partial charge in [-0.25, -0.2) is 18.2 Å². The van der Waals surface area contributed by atoms with E-state index in [-0.39, 0.29) is 25.0 Å². The van der Waals surface area contributed by atoms with Gasteiger partial charge in [0.05, 0.1) is 17.3 Å². The van der Waals surface area contributed by atoms with Gasteiger partial charge in [-0.1, -0.05) is 68.5 Å². The van der Waals surface area contributed by atoms with Crippen LogP contribution >= 0.6 is 0 Å². The monoisotopic (exact) mass is 759 g/mol. The highest BCUT2D eigenvalue weighted by atomic mass is 32.2. The van der Waals surface area contributed by atoms with E-state index in [0.29, 0.717) is 44.4 Å². The standard InChI is InChI=1S/C40H49N5O8S/c46-35-34-22-27(52-36-31-17-9-8-15-29(31)30-16-10-11-18-32(30)41-36)24-45(34)37(47)33(42-39(49)53-26-13-6-7-14-26)19-5-3-1-2-4-12-25-23-40(25,43-35)38(48)44-54(50,51)28-20-21-28/h8-11,15-18,25-28,33-34H,1-7,12-14,19-24H2,(H,42,49)(H,43,46)(H,44,48)/t25-,27-,33+,34+,40-/m1/s1. The predicted molar refractivity (Wildman–Crippen MR) is 201 cm³/mol. The first-order valence-electron chi connectivity index (χ1n) is 19.7. The zero-order valence-corrected chi connectivity index (χ0v) is 31.3. The van der Waals surface area contributed by atoms with Crippen LogP contribution in [0.1, 0.15) is 96.3 Å². The summed E-state index contributed by atoms with van der Waals surface area (Å²) in [6.07, 6.45) is 8.64. The van der Waals surface area contributed by atoms with Crippen LogP contribution in [0.3, 0.4) is 0 Å². The molecular weight excluding hydrogens is 711 g/mol. The second kappa shape index (κ2) is 15.0. The summed E-state index contributed by atoms with van der Waals surface area (Å²) in [5.74, 6) is -1.57. The Balaban J connectivity index is 1.10. The molecule has 0 radical (unpaired) electrons. The van der Waals surface area contributed by atoms with Gasteiger partial charge in [0, 0.05) is 17.2 Å². The molecule has 5 fully saturated rings. The summed E-state index contributed by atoms with van der Waals surface area (Å²) in [6.45, 7) is 0.0360. The smallest absolute Gasteiger partial charge is 0.408 e. The molecule has 1 aromatic heterocycles. The van der Waals surface area contributed by atoms with Crippen molar-refractivity contribution in [3.63, 3.8) is 0 Å². The number of nitrogens with one attached hydrogen (secondary N) is 3. The van der Waals surface area contributed by atoms with Crippen molar-refractivity contribution in [3.05, 3.63) is 48.5 Å². The minimum absolute atomic E-state index is 0.0360. The number of ether oxygens (including phenoxy) is 2. The van der Waals surface area contributed by atoms with Crippen LogP contribution in [-0.2, 0) is 29.1 Å². The van der Waals surface area contributed by atoms with Crippen molar-refractivity contribution in [2.75, 3.05) is 6.54 Å². The van der Waals surface area contributed by atoms with E-state index in [9.17, 15) is 27.6 Å². The molecule has 3 saturated carbocycles. The number of rotatable bonds is 7. The third-order valence-electron chi connectivity index (χ3n) is 12.0. The number of amides is 4. The second-order valence-corrected chi connectivity index (χ2v) is 17.8. The van der Waals surface area contributed by atoms with Gasteiger partial charge in [0.1, 0.15) is 29.8 Å². The molecule has 4 amide bonds. The molecule has 5 atom stereocenters. The van der Waals surface area contributed by atoms with E-state index in [0.717, 1.165) is 73.0 Å². The third-order valence-corrected chi connectivity index (χ3v) is 13.8. The molecule has 3 heterocycles. The summed E-state index contributed by atoms with van der Waals surface area (Å²) in [6, 6.07) is 13.6. The summed E-state index contributed by atoms with van der Waals surface area (Å²) in [7, 11) is -3.86. The predicted octanol–water partition coefficient (Wildman–Crippen LogP) is 5.00. The quantitative estimate of drug-likeness (QED) is 0.280. The van der Waals surface area contributed by atoms with Gasteiger partial charge in [0.15, 0.2) is 0 Å². The number of hydrogen-bond donors (Lipinski definition) is 3. The van der Waals surface area contributed by atoms with Gasteiger partial charge in [0.25, 0.3) is 5.91 Å². The lowest BCUT2D eigenvalue weighted by Crippen LogP contribution is -2.58. The van der Waals surface area contributed by atoms with Crippen LogP contribution in [0.15, 0.2) is 48.5 Å². The summed E-state index contributed by atoms with van der Waals surface area (Å²) in [5, 5.41) is 7.92. The van der Waals surface area contributed by atoms with E-state index < -0.39 is 62.8 Å². The molecule has 14 heteroatoms. The van der Waals surface area contributed by atoms with E-state index in [1.807, 2.05) is 48.5 Å². The summed E-state index contributed by atoms with van der Waals surface area (Å²) in [5.41, 5.74) is -0.655. The molecule has 288 valence electrons. The highest BCUT2D eigenvalue weighted by Crippen LogP contribution is 2.48. The number of aromatic nitrogens is 1. The van der Waals surface area contributed by atoms with Crippen LogP contribution in [-0.4, -0.2) is 83.7 Å². The Hall–Kier alpha value is -4.46. The van der Waals surface area contributed by atoms with Crippen LogP contribution in [0.4, 0.5) is 4.79 Å². The van der Waals surface area contributed by atoms with Crippen LogP contribution in [0.25, 0.3) is 21.7 Å². The fraction of sp³-hybridized carbons (Fsp3) is 0.575. The number of fused-ring (bicyclic) bond motifs is 5. The molecule has 3 aliphatic carbocycles. The maximum absolute atomic E-state index is 14.6. The van der Waals surface area contributed by atoms with E-state index >= 15 is 0 Å². The van der Waals surface area contributed by atoms with Crippen LogP contribution in [0, 0.1) is 5.92 Å². The maximum Gasteiger partial charge on any atom is 0.408 e. The van der Waals surface area contributed by atoms with Crippen molar-refractivity contribution in [2.24, 2.45) is 5.92 Å². The van der Waals surface area contributed by atoms with Gasteiger partial charge in [0.2, 0.25) is 27.7 Å². The molecule has 3 N–H and O–H groups in total. The van der Waals surface area contributed by atoms with Crippen molar-refractivity contribution in [1.29, 1.82) is 0 Å². The van der Waals surface area contributed by atoms with Gasteiger partial charge >= 0.3 is 6.09 Å². The number of alkyl carbamates (subject to hydrolysis) is 1. The molecule has 8 rings (SSSR count). The normalized spacial score (nSPS) is 28.3. The average molecular weight is 760 g/mol. The van der Waals surface area contributed by atoms with E-state index in [1.165, 1.54) is 4.90 Å². The fourth-order valence-electron chi connectivity index (χ4n) is 8.71. The Morgan fingerprint density at radius 3 is 2.24 bits per heavy atom. The number of pyridine rings is 1. The average Bonchev–Trinajstić information content (AvgIpc) is 4.03. The lowest BCUT2D eigenvalue weighted by molar-refractivity contribution is -0.141. The van der Waals surface area contributed by atoms with Gasteiger partial charge in [-0.15, -0.1) is 0 Å². The largest absolute Gasteiger partial charge is 0.472 e. The van der Waals surface area contributed by atoms with Crippen molar-refractivity contribution in [1.82, 2.24) is 25.2 Å². The van der Waals surface area contributed by atoms with Crippen LogP contribution in [0.5, 0.6) is 5.88 Å². The molecule has 0 unspecified atom stereocenters. The second-order valence-electron chi connectivity index (χ2n) is 15.9. The minimum Gasteiger partial charge on any atom is -0.472 e. The van der Waals surface area contributed by atoms with Crippen molar-refractivity contribution in [3.8, 4) is 5.88 Å². The van der Waals surface area contributed by atoms with Gasteiger partial charge in [-0.2, -0.15) is 0 Å². The first-order valence-corrected chi connectivity index (χ1v) is 21.3. The summed E-state index contributed by atoms with van der Waals surface area (Å²) < 4.78 is 40.3. The number of para-hydroxylation sites is 1. The Kier molecular flexibility index (Phi) is 10.1. The molecule has 0 spiro atoms. The van der Waals surface area contributed by atoms with E-state index in [1.54, 1.807) is 0 Å². The first kappa shape index (κ1) is 36.5. The zero-order valence-electron chi connectivity index (χ0n) is 30.5.